The van der Waals surface area contributed by atoms with E-state index >= 15 is 0 Å². The maximum atomic E-state index is 12.1. The standard InChI is InChI=1S/C17H19NO6/c19-14-4-2-1-3-12(14)16(22)18-11-7-5-10(6-8-11)13(17(23)24)9-15(20)21/h2,4-5,7-8,10,13,19H,1,3,6,9H2,(H,18,22)(H,20,21)(H,23,24). The highest BCUT2D eigenvalue weighted by Crippen LogP contribution is 2.26. The highest BCUT2D eigenvalue weighted by molar-refractivity contribution is 5.95. The van der Waals surface area contributed by atoms with E-state index in [0.29, 0.717) is 30.5 Å². The van der Waals surface area contributed by atoms with Crippen molar-refractivity contribution in [2.24, 2.45) is 11.8 Å². The van der Waals surface area contributed by atoms with E-state index in [0.717, 1.165) is 0 Å². The summed E-state index contributed by atoms with van der Waals surface area (Å²) >= 11 is 0. The second kappa shape index (κ2) is 7.63. The van der Waals surface area contributed by atoms with E-state index in [1.807, 2.05) is 0 Å². The van der Waals surface area contributed by atoms with Gasteiger partial charge in [-0.25, -0.2) is 0 Å². The molecule has 0 fully saturated rings. The lowest BCUT2D eigenvalue weighted by atomic mass is 9.84. The molecular weight excluding hydrogens is 314 g/mol. The van der Waals surface area contributed by atoms with Crippen molar-refractivity contribution < 1.29 is 29.7 Å². The van der Waals surface area contributed by atoms with E-state index in [2.05, 4.69) is 5.32 Å². The molecule has 0 aromatic heterocycles. The molecule has 0 bridgehead atoms. The number of carboxylic acid groups (broad SMARTS) is 2. The summed E-state index contributed by atoms with van der Waals surface area (Å²) < 4.78 is 0. The first-order valence-corrected chi connectivity index (χ1v) is 7.61. The van der Waals surface area contributed by atoms with Crippen LogP contribution >= 0.6 is 0 Å². The fraction of sp³-hybridized carbons (Fsp3) is 0.353. The summed E-state index contributed by atoms with van der Waals surface area (Å²) in [5.41, 5.74) is 0.814. The van der Waals surface area contributed by atoms with Crippen molar-refractivity contribution in [2.45, 2.75) is 25.7 Å². The number of rotatable bonds is 6. The third-order valence-corrected chi connectivity index (χ3v) is 4.04. The second-order valence-corrected chi connectivity index (χ2v) is 5.72. The Kier molecular flexibility index (Phi) is 5.57. The van der Waals surface area contributed by atoms with Crippen molar-refractivity contribution in [3.63, 3.8) is 0 Å². The molecule has 0 aromatic carbocycles. The molecule has 0 spiro atoms. The van der Waals surface area contributed by atoms with Crippen LogP contribution in [0, 0.1) is 11.8 Å². The summed E-state index contributed by atoms with van der Waals surface area (Å²) in [4.78, 5) is 34.1. The number of allylic oxidation sites excluding steroid dienone is 5. The van der Waals surface area contributed by atoms with E-state index in [-0.39, 0.29) is 5.76 Å². The van der Waals surface area contributed by atoms with Gasteiger partial charge in [-0.2, -0.15) is 0 Å². The molecule has 2 atom stereocenters. The average Bonchev–Trinajstić information content (AvgIpc) is 2.53. The van der Waals surface area contributed by atoms with E-state index in [9.17, 15) is 19.5 Å². The number of amides is 1. The zero-order valence-electron chi connectivity index (χ0n) is 12.9. The maximum absolute atomic E-state index is 12.1. The van der Waals surface area contributed by atoms with Gasteiger partial charge in [-0.15, -0.1) is 0 Å². The molecular formula is C17H19NO6. The van der Waals surface area contributed by atoms with Gasteiger partial charge in [0.25, 0.3) is 5.91 Å². The molecule has 2 aliphatic rings. The molecule has 7 heteroatoms. The number of hydrogen-bond acceptors (Lipinski definition) is 4. The molecule has 24 heavy (non-hydrogen) atoms. The smallest absolute Gasteiger partial charge is 0.307 e. The number of carboxylic acids is 2. The average molecular weight is 333 g/mol. The lowest BCUT2D eigenvalue weighted by Crippen LogP contribution is -2.29. The molecule has 0 heterocycles. The first kappa shape index (κ1) is 17.5. The van der Waals surface area contributed by atoms with Gasteiger partial charge >= 0.3 is 11.9 Å². The predicted molar refractivity (Wildman–Crippen MR) is 84.9 cm³/mol. The minimum absolute atomic E-state index is 0.0515. The van der Waals surface area contributed by atoms with Crippen LogP contribution in [0.5, 0.6) is 0 Å². The van der Waals surface area contributed by atoms with Gasteiger partial charge in [0.15, 0.2) is 0 Å². The minimum Gasteiger partial charge on any atom is -0.507 e. The Morgan fingerprint density at radius 3 is 2.54 bits per heavy atom. The van der Waals surface area contributed by atoms with Gasteiger partial charge in [-0.3, -0.25) is 14.4 Å². The molecule has 2 aliphatic carbocycles. The molecule has 0 aromatic rings. The van der Waals surface area contributed by atoms with Crippen LogP contribution in [-0.2, 0) is 14.4 Å². The quantitative estimate of drug-likeness (QED) is 0.588. The first-order chi connectivity index (χ1) is 11.4. The van der Waals surface area contributed by atoms with Crippen LogP contribution in [0.25, 0.3) is 0 Å². The van der Waals surface area contributed by atoms with Gasteiger partial charge in [0, 0.05) is 5.70 Å². The van der Waals surface area contributed by atoms with Crippen molar-refractivity contribution in [3.8, 4) is 0 Å². The van der Waals surface area contributed by atoms with Crippen molar-refractivity contribution in [1.29, 1.82) is 0 Å². The summed E-state index contributed by atoms with van der Waals surface area (Å²) in [6, 6.07) is 0. The van der Waals surface area contributed by atoms with E-state index in [4.69, 9.17) is 10.2 Å². The summed E-state index contributed by atoms with van der Waals surface area (Å²) in [6.07, 6.45) is 9.11. The van der Waals surface area contributed by atoms with Crippen molar-refractivity contribution >= 4 is 17.8 Å². The van der Waals surface area contributed by atoms with Gasteiger partial charge < -0.3 is 20.6 Å². The summed E-state index contributed by atoms with van der Waals surface area (Å²) in [5.74, 6) is -4.22. The molecule has 2 unspecified atom stereocenters. The molecule has 0 radical (unpaired) electrons. The zero-order valence-corrected chi connectivity index (χ0v) is 12.9. The first-order valence-electron chi connectivity index (χ1n) is 7.61. The number of carbonyl (C=O) groups is 3. The van der Waals surface area contributed by atoms with Crippen molar-refractivity contribution in [3.05, 3.63) is 47.4 Å². The number of nitrogens with one attached hydrogen (secondary N) is 1. The van der Waals surface area contributed by atoms with Crippen LogP contribution in [-0.4, -0.2) is 33.2 Å². The van der Waals surface area contributed by atoms with Gasteiger partial charge in [0.1, 0.15) is 5.76 Å². The van der Waals surface area contributed by atoms with Crippen LogP contribution in [0.2, 0.25) is 0 Å². The van der Waals surface area contributed by atoms with Crippen molar-refractivity contribution in [1.82, 2.24) is 5.32 Å². The number of hydrogen-bond donors (Lipinski definition) is 4. The Morgan fingerprint density at radius 2 is 2.00 bits per heavy atom. The Hall–Kier alpha value is -2.83. The monoisotopic (exact) mass is 333 g/mol. The van der Waals surface area contributed by atoms with E-state index in [1.165, 1.54) is 6.08 Å². The Morgan fingerprint density at radius 1 is 1.25 bits per heavy atom. The number of aliphatic carboxylic acids is 2. The Bertz CT molecular complexity index is 671. The molecule has 0 aliphatic heterocycles. The van der Waals surface area contributed by atoms with Crippen LogP contribution in [0.15, 0.2) is 47.4 Å². The minimum atomic E-state index is -1.16. The number of carbonyl (C=O) groups excluding carboxylic acids is 1. The highest BCUT2D eigenvalue weighted by atomic mass is 16.4. The van der Waals surface area contributed by atoms with Crippen LogP contribution < -0.4 is 5.32 Å². The largest absolute Gasteiger partial charge is 0.507 e. The number of aliphatic hydroxyl groups is 1. The topological polar surface area (TPSA) is 124 Å². The SMILES string of the molecule is O=C(O)CC(C(=O)O)C1C=CC(NC(=O)C2=C(O)C=CCC2)=CC1. The van der Waals surface area contributed by atoms with Crippen molar-refractivity contribution in [2.75, 3.05) is 0 Å². The van der Waals surface area contributed by atoms with Gasteiger partial charge in [-0.1, -0.05) is 18.2 Å². The van der Waals surface area contributed by atoms with Crippen LogP contribution in [0.4, 0.5) is 0 Å². The lowest BCUT2D eigenvalue weighted by Gasteiger charge is -2.22. The molecule has 128 valence electrons. The summed E-state index contributed by atoms with van der Waals surface area (Å²) in [6.45, 7) is 0. The third-order valence-electron chi connectivity index (χ3n) is 4.04. The van der Waals surface area contributed by atoms with Crippen LogP contribution in [0.3, 0.4) is 0 Å². The highest BCUT2D eigenvalue weighted by Gasteiger charge is 2.29. The fourth-order valence-electron chi connectivity index (χ4n) is 2.73. The summed E-state index contributed by atoms with van der Waals surface area (Å²) in [7, 11) is 0. The van der Waals surface area contributed by atoms with Gasteiger partial charge in [0.2, 0.25) is 0 Å². The molecule has 4 N–H and O–H groups in total. The molecule has 7 nitrogen and oxygen atoms in total. The Balaban J connectivity index is 1.99. The second-order valence-electron chi connectivity index (χ2n) is 5.72. The fourth-order valence-corrected chi connectivity index (χ4v) is 2.73. The van der Waals surface area contributed by atoms with E-state index < -0.39 is 36.1 Å². The van der Waals surface area contributed by atoms with Gasteiger partial charge in [0.05, 0.1) is 17.9 Å². The number of aliphatic hydroxyl groups excluding tert-OH is 1. The molecule has 0 saturated carbocycles. The van der Waals surface area contributed by atoms with Gasteiger partial charge in [-0.05, 0) is 37.3 Å². The molecule has 0 saturated heterocycles. The zero-order chi connectivity index (χ0) is 17.7. The third kappa shape index (κ3) is 4.34. The molecule has 2 rings (SSSR count). The summed E-state index contributed by atoms with van der Waals surface area (Å²) in [5, 5.41) is 30.3. The maximum Gasteiger partial charge on any atom is 0.307 e. The molecule has 1 amide bonds. The van der Waals surface area contributed by atoms with E-state index in [1.54, 1.807) is 24.3 Å². The lowest BCUT2D eigenvalue weighted by molar-refractivity contribution is -0.149. The van der Waals surface area contributed by atoms with Crippen LogP contribution in [0.1, 0.15) is 25.7 Å². The Labute approximate surface area is 138 Å². The normalized spacial score (nSPS) is 21.2. The predicted octanol–water partition coefficient (Wildman–Crippen LogP) is 1.90.